The molecule has 0 aromatic heterocycles. The zero-order chi connectivity index (χ0) is 10.6. The number of rotatable bonds is 4. The van der Waals surface area contributed by atoms with E-state index in [4.69, 9.17) is 16.3 Å². The number of benzene rings is 1. The molecule has 78 valence electrons. The second kappa shape index (κ2) is 4.67. The second-order valence-electron chi connectivity index (χ2n) is 4.35. The Labute approximate surface area is 90.6 Å². The maximum absolute atomic E-state index is 5.50. The van der Waals surface area contributed by atoms with Gasteiger partial charge in [0.25, 0.3) is 0 Å². The number of hydrogen-bond donors (Lipinski definition) is 0. The van der Waals surface area contributed by atoms with Crippen molar-refractivity contribution in [2.24, 2.45) is 0 Å². The summed E-state index contributed by atoms with van der Waals surface area (Å²) in [5.41, 5.74) is 1.26. The van der Waals surface area contributed by atoms with E-state index in [0.717, 1.165) is 16.8 Å². The maximum Gasteiger partial charge on any atom is 0.162 e. The summed E-state index contributed by atoms with van der Waals surface area (Å²) in [4.78, 5) is 0. The fourth-order valence-corrected chi connectivity index (χ4v) is 1.47. The molecule has 0 amide bonds. The first-order valence-corrected chi connectivity index (χ1v) is 5.13. The minimum Gasteiger partial charge on any atom is -0.478 e. The standard InChI is InChI=1S/C11H17ClNO/c1-13(2,3)8-10-5-4-6-11(7-10)14-9-12/h4-7H,8-9H2,1-3H3/q+1. The van der Waals surface area contributed by atoms with Gasteiger partial charge in [-0.25, -0.2) is 0 Å². The first-order valence-electron chi connectivity index (χ1n) is 4.59. The van der Waals surface area contributed by atoms with Gasteiger partial charge >= 0.3 is 0 Å². The van der Waals surface area contributed by atoms with Crippen LogP contribution in [-0.4, -0.2) is 31.7 Å². The minimum absolute atomic E-state index is 0.202. The van der Waals surface area contributed by atoms with E-state index in [2.05, 4.69) is 27.2 Å². The van der Waals surface area contributed by atoms with E-state index in [1.165, 1.54) is 5.56 Å². The van der Waals surface area contributed by atoms with Crippen molar-refractivity contribution in [2.45, 2.75) is 6.54 Å². The van der Waals surface area contributed by atoms with E-state index < -0.39 is 0 Å². The first kappa shape index (κ1) is 11.3. The topological polar surface area (TPSA) is 9.23 Å². The zero-order valence-corrected chi connectivity index (χ0v) is 9.71. The number of hydrogen-bond acceptors (Lipinski definition) is 1. The third-order valence-electron chi connectivity index (χ3n) is 1.78. The molecule has 0 spiro atoms. The van der Waals surface area contributed by atoms with Crippen LogP contribution < -0.4 is 4.74 Å². The summed E-state index contributed by atoms with van der Waals surface area (Å²) in [6.07, 6.45) is 0. The number of quaternary nitrogens is 1. The van der Waals surface area contributed by atoms with Crippen LogP contribution in [0.4, 0.5) is 0 Å². The zero-order valence-electron chi connectivity index (χ0n) is 8.96. The Balaban J connectivity index is 2.73. The van der Waals surface area contributed by atoms with E-state index in [1.807, 2.05) is 18.2 Å². The maximum atomic E-state index is 5.50. The van der Waals surface area contributed by atoms with Crippen LogP contribution in [0.15, 0.2) is 24.3 Å². The lowest BCUT2D eigenvalue weighted by Crippen LogP contribution is -2.33. The van der Waals surface area contributed by atoms with E-state index in [-0.39, 0.29) is 6.07 Å². The molecule has 0 heterocycles. The van der Waals surface area contributed by atoms with Crippen molar-refractivity contribution < 1.29 is 9.22 Å². The molecule has 0 N–H and O–H groups in total. The van der Waals surface area contributed by atoms with Gasteiger partial charge in [-0.15, -0.1) is 0 Å². The monoisotopic (exact) mass is 214 g/mol. The van der Waals surface area contributed by atoms with Gasteiger partial charge < -0.3 is 9.22 Å². The third-order valence-corrected chi connectivity index (χ3v) is 1.89. The van der Waals surface area contributed by atoms with Crippen LogP contribution in [0.2, 0.25) is 0 Å². The van der Waals surface area contributed by atoms with Crippen LogP contribution in [-0.2, 0) is 6.54 Å². The van der Waals surface area contributed by atoms with Crippen molar-refractivity contribution in [3.05, 3.63) is 29.8 Å². The summed E-state index contributed by atoms with van der Waals surface area (Å²) in [5.74, 6) is 0.839. The Hall–Kier alpha value is -0.730. The molecular formula is C11H17ClNO+. The Morgan fingerprint density at radius 1 is 1.29 bits per heavy atom. The molecule has 0 radical (unpaired) electrons. The largest absolute Gasteiger partial charge is 0.478 e. The molecule has 2 nitrogen and oxygen atoms in total. The molecule has 0 saturated carbocycles. The molecule has 0 bridgehead atoms. The van der Waals surface area contributed by atoms with Crippen LogP contribution in [0.5, 0.6) is 5.75 Å². The van der Waals surface area contributed by atoms with E-state index in [0.29, 0.717) is 0 Å². The molecule has 0 aliphatic rings. The fraction of sp³-hybridized carbons (Fsp3) is 0.455. The van der Waals surface area contributed by atoms with Crippen molar-refractivity contribution in [3.8, 4) is 5.75 Å². The van der Waals surface area contributed by atoms with Crippen molar-refractivity contribution in [1.82, 2.24) is 0 Å². The molecule has 0 aliphatic heterocycles. The molecule has 0 saturated heterocycles. The van der Waals surface area contributed by atoms with Crippen molar-refractivity contribution >= 4 is 11.6 Å². The van der Waals surface area contributed by atoms with Gasteiger partial charge in [-0.2, -0.15) is 0 Å². The minimum atomic E-state index is 0.202. The molecule has 0 aliphatic carbocycles. The lowest BCUT2D eigenvalue weighted by molar-refractivity contribution is -0.884. The molecule has 1 aromatic rings. The van der Waals surface area contributed by atoms with Gasteiger partial charge in [0.2, 0.25) is 0 Å². The normalized spacial score (nSPS) is 11.4. The Bertz CT molecular complexity index is 294. The van der Waals surface area contributed by atoms with Gasteiger partial charge in [0, 0.05) is 5.56 Å². The Kier molecular flexibility index (Phi) is 3.78. The quantitative estimate of drug-likeness (QED) is 0.553. The summed E-state index contributed by atoms with van der Waals surface area (Å²) in [7, 11) is 6.49. The average molecular weight is 215 g/mol. The van der Waals surface area contributed by atoms with Crippen LogP contribution in [0, 0.1) is 0 Å². The van der Waals surface area contributed by atoms with Crippen LogP contribution in [0.25, 0.3) is 0 Å². The molecule has 0 unspecified atom stereocenters. The van der Waals surface area contributed by atoms with Crippen molar-refractivity contribution in [3.63, 3.8) is 0 Å². The highest BCUT2D eigenvalue weighted by Gasteiger charge is 2.08. The highest BCUT2D eigenvalue weighted by atomic mass is 35.5. The van der Waals surface area contributed by atoms with Crippen LogP contribution >= 0.6 is 11.6 Å². The van der Waals surface area contributed by atoms with Crippen molar-refractivity contribution in [1.29, 1.82) is 0 Å². The van der Waals surface area contributed by atoms with Crippen molar-refractivity contribution in [2.75, 3.05) is 27.2 Å². The van der Waals surface area contributed by atoms with Gasteiger partial charge in [0.15, 0.2) is 6.07 Å². The molecule has 14 heavy (non-hydrogen) atoms. The predicted molar refractivity (Wildman–Crippen MR) is 59.5 cm³/mol. The Morgan fingerprint density at radius 2 is 2.00 bits per heavy atom. The molecule has 3 heteroatoms. The number of nitrogens with zero attached hydrogens (tertiary/aromatic N) is 1. The molecule has 0 atom stereocenters. The van der Waals surface area contributed by atoms with Gasteiger partial charge in [-0.1, -0.05) is 23.7 Å². The van der Waals surface area contributed by atoms with E-state index in [9.17, 15) is 0 Å². The third kappa shape index (κ3) is 3.99. The summed E-state index contributed by atoms with van der Waals surface area (Å²) in [6.45, 7) is 0.986. The lowest BCUT2D eigenvalue weighted by atomic mass is 10.2. The van der Waals surface area contributed by atoms with E-state index in [1.54, 1.807) is 0 Å². The molecule has 1 rings (SSSR count). The number of ether oxygens (including phenoxy) is 1. The Morgan fingerprint density at radius 3 is 2.57 bits per heavy atom. The van der Waals surface area contributed by atoms with Crippen LogP contribution in [0.3, 0.4) is 0 Å². The first-order chi connectivity index (χ1) is 6.51. The molecule has 0 fully saturated rings. The number of alkyl halides is 1. The summed E-state index contributed by atoms with van der Waals surface area (Å²) >= 11 is 5.50. The predicted octanol–water partition coefficient (Wildman–Crippen LogP) is 2.47. The van der Waals surface area contributed by atoms with Gasteiger partial charge in [-0.05, 0) is 12.1 Å². The fourth-order valence-electron chi connectivity index (χ4n) is 1.34. The molecule has 1 aromatic carbocycles. The summed E-state index contributed by atoms with van der Waals surface area (Å²) < 4.78 is 6.13. The van der Waals surface area contributed by atoms with Gasteiger partial charge in [0.1, 0.15) is 12.3 Å². The lowest BCUT2D eigenvalue weighted by Gasteiger charge is -2.24. The summed E-state index contributed by atoms with van der Waals surface area (Å²) in [5, 5.41) is 0. The highest BCUT2D eigenvalue weighted by Crippen LogP contribution is 2.15. The van der Waals surface area contributed by atoms with Gasteiger partial charge in [0.05, 0.1) is 21.1 Å². The number of halogens is 1. The highest BCUT2D eigenvalue weighted by molar-refractivity contribution is 6.17. The SMILES string of the molecule is C[N+](C)(C)Cc1cccc(OCCl)c1. The smallest absolute Gasteiger partial charge is 0.162 e. The van der Waals surface area contributed by atoms with Crippen LogP contribution in [0.1, 0.15) is 5.56 Å². The van der Waals surface area contributed by atoms with Gasteiger partial charge in [-0.3, -0.25) is 0 Å². The summed E-state index contributed by atoms with van der Waals surface area (Å²) in [6, 6.07) is 8.25. The average Bonchev–Trinajstić information content (AvgIpc) is 2.02. The molecular weight excluding hydrogens is 198 g/mol. The van der Waals surface area contributed by atoms with E-state index >= 15 is 0 Å². The second-order valence-corrected chi connectivity index (χ2v) is 4.57.